The van der Waals surface area contributed by atoms with E-state index in [4.69, 9.17) is 5.41 Å². The summed E-state index contributed by atoms with van der Waals surface area (Å²) in [6.45, 7) is 4.07. The largest absolute Gasteiger partial charge is 0.507 e. The highest BCUT2D eigenvalue weighted by atomic mass is 16.5. The molecule has 28 heavy (non-hydrogen) atoms. The number of hydrogen-bond donors (Lipinski definition) is 2. The van der Waals surface area contributed by atoms with Crippen LogP contribution in [-0.4, -0.2) is 23.4 Å². The van der Waals surface area contributed by atoms with E-state index in [1.54, 1.807) is 19.9 Å². The standard InChI is InChI=1S/C19H17NO.C5H10O2/c20-17(12-10-14-6-2-1-3-7-14)19-16-9-5-4-8-15(16)11-13-18(19)21;1-3-5(6)7-4-2/h1-9,11,13,20-21H,10,12H2;3-4H2,1-2H3. The Hall–Kier alpha value is -3.14. The first-order chi connectivity index (χ1) is 13.6. The molecule has 0 aromatic heterocycles. The van der Waals surface area contributed by atoms with Crippen molar-refractivity contribution in [3.8, 4) is 5.75 Å². The summed E-state index contributed by atoms with van der Waals surface area (Å²) in [5.41, 5.74) is 2.35. The average Bonchev–Trinajstić information content (AvgIpc) is 2.73. The van der Waals surface area contributed by atoms with Gasteiger partial charge >= 0.3 is 5.97 Å². The number of carbonyl (C=O) groups is 1. The molecule has 3 aromatic rings. The van der Waals surface area contributed by atoms with Crippen LogP contribution in [0.15, 0.2) is 66.7 Å². The van der Waals surface area contributed by atoms with Crippen molar-refractivity contribution in [1.29, 1.82) is 5.41 Å². The minimum absolute atomic E-state index is 0.123. The van der Waals surface area contributed by atoms with Gasteiger partial charge < -0.3 is 15.3 Å². The molecule has 0 heterocycles. The summed E-state index contributed by atoms with van der Waals surface area (Å²) in [4.78, 5) is 10.2. The van der Waals surface area contributed by atoms with Crippen LogP contribution in [0.3, 0.4) is 0 Å². The van der Waals surface area contributed by atoms with E-state index in [2.05, 4.69) is 16.9 Å². The molecule has 0 fully saturated rings. The fourth-order valence-corrected chi connectivity index (χ4v) is 2.88. The predicted molar refractivity (Wildman–Crippen MR) is 114 cm³/mol. The Morgan fingerprint density at radius 3 is 2.29 bits per heavy atom. The molecule has 0 unspecified atom stereocenters. The van der Waals surface area contributed by atoms with Crippen LogP contribution in [0.25, 0.3) is 10.8 Å². The maximum Gasteiger partial charge on any atom is 0.305 e. The van der Waals surface area contributed by atoms with Gasteiger partial charge in [-0.05, 0) is 42.2 Å². The van der Waals surface area contributed by atoms with Gasteiger partial charge in [-0.1, -0.05) is 67.6 Å². The maximum absolute atomic E-state index is 10.2. The van der Waals surface area contributed by atoms with Crippen molar-refractivity contribution in [2.75, 3.05) is 6.61 Å². The van der Waals surface area contributed by atoms with E-state index in [1.807, 2.05) is 48.5 Å². The van der Waals surface area contributed by atoms with Crippen molar-refractivity contribution in [1.82, 2.24) is 0 Å². The number of benzene rings is 3. The number of esters is 1. The van der Waals surface area contributed by atoms with Gasteiger partial charge in [-0.15, -0.1) is 0 Å². The van der Waals surface area contributed by atoms with E-state index in [1.165, 1.54) is 5.56 Å². The van der Waals surface area contributed by atoms with E-state index in [9.17, 15) is 9.90 Å². The minimum atomic E-state index is -0.123. The number of rotatable bonds is 6. The molecule has 0 spiro atoms. The number of phenols is 1. The number of aryl methyl sites for hydroxylation is 1. The fraction of sp³-hybridized carbons (Fsp3) is 0.250. The second-order valence-corrected chi connectivity index (χ2v) is 6.30. The van der Waals surface area contributed by atoms with Gasteiger partial charge in [-0.2, -0.15) is 0 Å². The van der Waals surface area contributed by atoms with Crippen LogP contribution in [0.1, 0.15) is 37.8 Å². The number of hydrogen-bond acceptors (Lipinski definition) is 4. The molecule has 0 aliphatic carbocycles. The lowest BCUT2D eigenvalue weighted by molar-refractivity contribution is -0.142. The van der Waals surface area contributed by atoms with Gasteiger partial charge in [0.25, 0.3) is 0 Å². The highest BCUT2D eigenvalue weighted by Gasteiger charge is 2.11. The molecule has 0 aliphatic rings. The lowest BCUT2D eigenvalue weighted by atomic mass is 9.96. The van der Waals surface area contributed by atoms with Crippen molar-refractivity contribution in [2.45, 2.75) is 33.1 Å². The average molecular weight is 377 g/mol. The number of fused-ring (bicyclic) bond motifs is 1. The fourth-order valence-electron chi connectivity index (χ4n) is 2.88. The third-order valence-electron chi connectivity index (χ3n) is 4.31. The molecule has 0 radical (unpaired) electrons. The molecule has 146 valence electrons. The minimum Gasteiger partial charge on any atom is -0.507 e. The van der Waals surface area contributed by atoms with E-state index < -0.39 is 0 Å². The Kier molecular flexibility index (Phi) is 8.22. The van der Waals surface area contributed by atoms with Gasteiger partial charge in [0.05, 0.1) is 6.61 Å². The zero-order valence-electron chi connectivity index (χ0n) is 16.4. The summed E-state index contributed by atoms with van der Waals surface area (Å²) in [7, 11) is 0. The first-order valence-electron chi connectivity index (χ1n) is 9.54. The summed E-state index contributed by atoms with van der Waals surface area (Å²) in [6.07, 6.45) is 1.90. The van der Waals surface area contributed by atoms with Gasteiger partial charge in [0.15, 0.2) is 0 Å². The van der Waals surface area contributed by atoms with E-state index in [0.29, 0.717) is 30.7 Å². The maximum atomic E-state index is 10.2. The number of ether oxygens (including phenoxy) is 1. The van der Waals surface area contributed by atoms with E-state index in [0.717, 1.165) is 17.2 Å². The van der Waals surface area contributed by atoms with Crippen LogP contribution in [0.5, 0.6) is 5.75 Å². The first kappa shape index (κ1) is 21.2. The normalized spacial score (nSPS) is 10.1. The van der Waals surface area contributed by atoms with Gasteiger partial charge in [0, 0.05) is 17.7 Å². The molecule has 4 nitrogen and oxygen atoms in total. The summed E-state index contributed by atoms with van der Waals surface area (Å²) < 4.78 is 4.55. The van der Waals surface area contributed by atoms with Crippen LogP contribution in [0, 0.1) is 5.41 Å². The third-order valence-corrected chi connectivity index (χ3v) is 4.31. The van der Waals surface area contributed by atoms with Crippen molar-refractivity contribution < 1.29 is 14.6 Å². The smallest absolute Gasteiger partial charge is 0.305 e. The summed E-state index contributed by atoms with van der Waals surface area (Å²) in [5, 5.41) is 20.5. The van der Waals surface area contributed by atoms with Crippen LogP contribution in [0.2, 0.25) is 0 Å². The SMILES string of the molecule is CCOC(=O)CC.N=C(CCc1ccccc1)c1c(O)ccc2ccccc12. The molecular formula is C24H27NO3. The highest BCUT2D eigenvalue weighted by molar-refractivity contribution is 6.11. The molecule has 0 bridgehead atoms. The van der Waals surface area contributed by atoms with Crippen molar-refractivity contribution in [2.24, 2.45) is 0 Å². The number of aromatic hydroxyl groups is 1. The molecule has 0 saturated heterocycles. The summed E-state index contributed by atoms with van der Waals surface area (Å²) in [5.74, 6) is 0.0641. The van der Waals surface area contributed by atoms with Gasteiger partial charge in [0.2, 0.25) is 0 Å². The zero-order valence-corrected chi connectivity index (χ0v) is 16.4. The second-order valence-electron chi connectivity index (χ2n) is 6.30. The van der Waals surface area contributed by atoms with Gasteiger partial charge in [-0.25, -0.2) is 0 Å². The lowest BCUT2D eigenvalue weighted by Crippen LogP contribution is -2.03. The van der Waals surface area contributed by atoms with Crippen LogP contribution in [0.4, 0.5) is 0 Å². The number of phenolic OH excluding ortho intramolecular Hbond substituents is 1. The monoisotopic (exact) mass is 377 g/mol. The highest BCUT2D eigenvalue weighted by Crippen LogP contribution is 2.28. The van der Waals surface area contributed by atoms with E-state index in [-0.39, 0.29) is 11.7 Å². The molecule has 3 rings (SSSR count). The Morgan fingerprint density at radius 2 is 1.64 bits per heavy atom. The second kappa shape index (κ2) is 10.9. The molecule has 0 amide bonds. The Bertz CT molecular complexity index is 920. The van der Waals surface area contributed by atoms with Crippen molar-refractivity contribution >= 4 is 22.5 Å². The molecule has 0 saturated carbocycles. The molecule has 2 N–H and O–H groups in total. The summed E-state index contributed by atoms with van der Waals surface area (Å²) in [6, 6.07) is 21.6. The molecule has 0 atom stereocenters. The Balaban J connectivity index is 0.000000345. The van der Waals surface area contributed by atoms with Crippen LogP contribution < -0.4 is 0 Å². The molecule has 0 aliphatic heterocycles. The topological polar surface area (TPSA) is 70.4 Å². The summed E-state index contributed by atoms with van der Waals surface area (Å²) >= 11 is 0. The van der Waals surface area contributed by atoms with Gasteiger partial charge in [-0.3, -0.25) is 4.79 Å². The third kappa shape index (κ3) is 5.95. The van der Waals surface area contributed by atoms with Gasteiger partial charge in [0.1, 0.15) is 5.75 Å². The predicted octanol–water partition coefficient (Wildman–Crippen LogP) is 5.51. The molecule has 3 aromatic carbocycles. The Morgan fingerprint density at radius 1 is 0.964 bits per heavy atom. The van der Waals surface area contributed by atoms with Crippen molar-refractivity contribution in [3.63, 3.8) is 0 Å². The molecule has 4 heteroatoms. The first-order valence-corrected chi connectivity index (χ1v) is 9.54. The molecular weight excluding hydrogens is 350 g/mol. The zero-order chi connectivity index (χ0) is 20.4. The lowest BCUT2D eigenvalue weighted by Gasteiger charge is -2.10. The number of carbonyl (C=O) groups excluding carboxylic acids is 1. The van der Waals surface area contributed by atoms with E-state index >= 15 is 0 Å². The van der Waals surface area contributed by atoms with Crippen LogP contribution in [-0.2, 0) is 16.0 Å². The van der Waals surface area contributed by atoms with Crippen LogP contribution >= 0.6 is 0 Å². The number of nitrogens with one attached hydrogen (secondary N) is 1. The van der Waals surface area contributed by atoms with Crippen molar-refractivity contribution in [3.05, 3.63) is 77.9 Å². The Labute approximate surface area is 166 Å². The quantitative estimate of drug-likeness (QED) is 0.440.